The molecule has 0 aliphatic carbocycles. The summed E-state index contributed by atoms with van der Waals surface area (Å²) in [5.74, 6) is 0.203. The fraction of sp³-hybridized carbons (Fsp3) is 0.429. The first-order chi connectivity index (χ1) is 9.58. The lowest BCUT2D eigenvalue weighted by molar-refractivity contribution is -0.139. The Balaban J connectivity index is 2.72. The van der Waals surface area contributed by atoms with Crippen LogP contribution in [0.3, 0.4) is 0 Å². The van der Waals surface area contributed by atoms with Gasteiger partial charge in [0, 0.05) is 11.3 Å². The van der Waals surface area contributed by atoms with E-state index in [1.54, 1.807) is 35.7 Å². The van der Waals surface area contributed by atoms with Gasteiger partial charge in [-0.3, -0.25) is 4.79 Å². The number of hydrogen-bond donors (Lipinski definition) is 2. The third-order valence-electron chi connectivity index (χ3n) is 2.71. The molecule has 0 bridgehead atoms. The molecule has 110 valence electrons. The standard InChI is InChI=1S/C14H19NO3S2/c1-19-7-6-12(14(17)18)15-13(16)11-5-3-4-10(8-11)9-20-2/h3-5,8,12H,6-7,9H2,1-2H3,(H,15,16)(H,17,18)/t12-/m1/s1. The number of carboxylic acids is 1. The Morgan fingerprint density at radius 2 is 2.05 bits per heavy atom. The predicted molar refractivity (Wildman–Crippen MR) is 85.6 cm³/mol. The van der Waals surface area contributed by atoms with Crippen LogP contribution in [0.1, 0.15) is 22.3 Å². The fourth-order valence-corrected chi connectivity index (χ4v) is 2.69. The molecule has 0 spiro atoms. The fourth-order valence-electron chi connectivity index (χ4n) is 1.70. The maximum Gasteiger partial charge on any atom is 0.326 e. The number of benzene rings is 1. The van der Waals surface area contributed by atoms with Crippen molar-refractivity contribution in [1.82, 2.24) is 5.32 Å². The molecule has 0 aliphatic rings. The molecule has 0 saturated heterocycles. The SMILES string of the molecule is CSCC[C@@H](NC(=O)c1cccc(CSC)c1)C(=O)O. The topological polar surface area (TPSA) is 66.4 Å². The number of rotatable bonds is 8. The van der Waals surface area contributed by atoms with Crippen LogP contribution in [0.2, 0.25) is 0 Å². The molecule has 20 heavy (non-hydrogen) atoms. The molecule has 1 aromatic rings. The van der Waals surface area contributed by atoms with E-state index in [4.69, 9.17) is 5.11 Å². The molecule has 0 aliphatic heterocycles. The molecule has 0 radical (unpaired) electrons. The van der Waals surface area contributed by atoms with Crippen LogP contribution in [0.4, 0.5) is 0 Å². The zero-order valence-corrected chi connectivity index (χ0v) is 13.2. The first kappa shape index (κ1) is 16.9. The van der Waals surface area contributed by atoms with E-state index in [0.717, 1.165) is 11.3 Å². The van der Waals surface area contributed by atoms with Gasteiger partial charge in [-0.15, -0.1) is 0 Å². The molecule has 0 saturated carbocycles. The molecule has 6 heteroatoms. The van der Waals surface area contributed by atoms with Crippen LogP contribution in [0, 0.1) is 0 Å². The highest BCUT2D eigenvalue weighted by atomic mass is 32.2. The van der Waals surface area contributed by atoms with Crippen molar-refractivity contribution >= 4 is 35.4 Å². The third-order valence-corrected chi connectivity index (χ3v) is 3.98. The lowest BCUT2D eigenvalue weighted by atomic mass is 10.1. The second-order valence-electron chi connectivity index (χ2n) is 4.28. The van der Waals surface area contributed by atoms with E-state index in [1.807, 2.05) is 24.6 Å². The van der Waals surface area contributed by atoms with Crippen LogP contribution in [-0.4, -0.2) is 41.3 Å². The number of carboxylic acid groups (broad SMARTS) is 1. The molecule has 1 rings (SSSR count). The minimum atomic E-state index is -0.993. The second-order valence-corrected chi connectivity index (χ2v) is 6.13. The lowest BCUT2D eigenvalue weighted by Crippen LogP contribution is -2.41. The summed E-state index contributed by atoms with van der Waals surface area (Å²) < 4.78 is 0. The molecule has 4 nitrogen and oxygen atoms in total. The highest BCUT2D eigenvalue weighted by Gasteiger charge is 2.20. The van der Waals surface area contributed by atoms with Crippen molar-refractivity contribution in [2.45, 2.75) is 18.2 Å². The number of carbonyl (C=O) groups is 2. The van der Waals surface area contributed by atoms with Gasteiger partial charge in [-0.2, -0.15) is 23.5 Å². The van der Waals surface area contributed by atoms with Gasteiger partial charge in [0.15, 0.2) is 0 Å². The number of aliphatic carboxylic acids is 1. The summed E-state index contributed by atoms with van der Waals surface area (Å²) in [5.41, 5.74) is 1.56. The van der Waals surface area contributed by atoms with Crippen LogP contribution in [0.15, 0.2) is 24.3 Å². The Labute approximate surface area is 127 Å². The van der Waals surface area contributed by atoms with E-state index >= 15 is 0 Å². The molecule has 0 unspecified atom stereocenters. The van der Waals surface area contributed by atoms with Crippen LogP contribution >= 0.6 is 23.5 Å². The van der Waals surface area contributed by atoms with Gasteiger partial charge in [-0.1, -0.05) is 12.1 Å². The van der Waals surface area contributed by atoms with Crippen molar-refractivity contribution in [3.8, 4) is 0 Å². The smallest absolute Gasteiger partial charge is 0.326 e. The van der Waals surface area contributed by atoms with Crippen LogP contribution in [0.5, 0.6) is 0 Å². The van der Waals surface area contributed by atoms with Crippen LogP contribution < -0.4 is 5.32 Å². The zero-order valence-electron chi connectivity index (χ0n) is 11.6. The van der Waals surface area contributed by atoms with Crippen molar-refractivity contribution in [2.75, 3.05) is 18.3 Å². The first-order valence-corrected chi connectivity index (χ1v) is 8.97. The number of carbonyl (C=O) groups excluding carboxylic acids is 1. The summed E-state index contributed by atoms with van der Waals surface area (Å²) >= 11 is 3.24. The molecule has 1 atom stereocenters. The minimum absolute atomic E-state index is 0.332. The summed E-state index contributed by atoms with van der Waals surface area (Å²) in [6.07, 6.45) is 4.33. The van der Waals surface area contributed by atoms with Gasteiger partial charge in [0.1, 0.15) is 6.04 Å². The average molecular weight is 313 g/mol. The first-order valence-electron chi connectivity index (χ1n) is 6.19. The Morgan fingerprint density at radius 3 is 2.65 bits per heavy atom. The van der Waals surface area contributed by atoms with Gasteiger partial charge in [0.25, 0.3) is 5.91 Å². The number of amides is 1. The Morgan fingerprint density at radius 1 is 1.30 bits per heavy atom. The van der Waals surface area contributed by atoms with Gasteiger partial charge < -0.3 is 10.4 Å². The van der Waals surface area contributed by atoms with Gasteiger partial charge in [0.2, 0.25) is 0 Å². The van der Waals surface area contributed by atoms with Crippen molar-refractivity contribution in [1.29, 1.82) is 0 Å². The molecule has 1 aromatic carbocycles. The lowest BCUT2D eigenvalue weighted by Gasteiger charge is -2.14. The van der Waals surface area contributed by atoms with Crippen molar-refractivity contribution < 1.29 is 14.7 Å². The number of hydrogen-bond acceptors (Lipinski definition) is 4. The van der Waals surface area contributed by atoms with Gasteiger partial charge in [0.05, 0.1) is 0 Å². The quantitative estimate of drug-likeness (QED) is 0.772. The molecule has 0 aromatic heterocycles. The van der Waals surface area contributed by atoms with E-state index in [-0.39, 0.29) is 5.91 Å². The van der Waals surface area contributed by atoms with E-state index < -0.39 is 12.0 Å². The molecule has 1 amide bonds. The Kier molecular flexibility index (Phi) is 7.54. The maximum absolute atomic E-state index is 12.1. The summed E-state index contributed by atoms with van der Waals surface area (Å²) in [4.78, 5) is 23.2. The largest absolute Gasteiger partial charge is 0.480 e. The second kappa shape index (κ2) is 8.92. The average Bonchev–Trinajstić information content (AvgIpc) is 2.43. The summed E-state index contributed by atoms with van der Waals surface area (Å²) in [5, 5.41) is 11.7. The summed E-state index contributed by atoms with van der Waals surface area (Å²) in [6, 6.07) is 6.44. The van der Waals surface area contributed by atoms with Crippen LogP contribution in [-0.2, 0) is 10.5 Å². The number of nitrogens with one attached hydrogen (secondary N) is 1. The summed E-state index contributed by atoms with van der Waals surface area (Å²) in [7, 11) is 0. The molecular weight excluding hydrogens is 294 g/mol. The minimum Gasteiger partial charge on any atom is -0.480 e. The number of thioether (sulfide) groups is 2. The molecule has 0 fully saturated rings. The third kappa shape index (κ3) is 5.46. The van der Waals surface area contributed by atoms with E-state index in [2.05, 4.69) is 5.32 Å². The van der Waals surface area contributed by atoms with Gasteiger partial charge >= 0.3 is 5.97 Å². The van der Waals surface area contributed by atoms with Crippen molar-refractivity contribution in [3.63, 3.8) is 0 Å². The molecule has 0 heterocycles. The molecular formula is C14H19NO3S2. The van der Waals surface area contributed by atoms with Gasteiger partial charge in [-0.25, -0.2) is 4.79 Å². The van der Waals surface area contributed by atoms with Gasteiger partial charge in [-0.05, 0) is 42.4 Å². The van der Waals surface area contributed by atoms with E-state index in [1.165, 1.54) is 0 Å². The monoisotopic (exact) mass is 313 g/mol. The predicted octanol–water partition coefficient (Wildman–Crippen LogP) is 2.49. The maximum atomic E-state index is 12.1. The summed E-state index contributed by atoms with van der Waals surface area (Å²) in [6.45, 7) is 0. The Bertz CT molecular complexity index is 465. The highest BCUT2D eigenvalue weighted by molar-refractivity contribution is 7.98. The normalized spacial score (nSPS) is 11.9. The van der Waals surface area contributed by atoms with Crippen molar-refractivity contribution in [3.05, 3.63) is 35.4 Å². The van der Waals surface area contributed by atoms with E-state index in [0.29, 0.717) is 17.7 Å². The van der Waals surface area contributed by atoms with E-state index in [9.17, 15) is 9.59 Å². The molecule has 2 N–H and O–H groups in total. The van der Waals surface area contributed by atoms with Crippen molar-refractivity contribution in [2.24, 2.45) is 0 Å². The Hall–Kier alpha value is -1.14. The highest BCUT2D eigenvalue weighted by Crippen LogP contribution is 2.12. The van der Waals surface area contributed by atoms with Crippen LogP contribution in [0.25, 0.3) is 0 Å². The zero-order chi connectivity index (χ0) is 15.0.